The van der Waals surface area contributed by atoms with Crippen LogP contribution in [0.2, 0.25) is 15.1 Å². The van der Waals surface area contributed by atoms with Gasteiger partial charge in [0.25, 0.3) is 0 Å². The van der Waals surface area contributed by atoms with E-state index in [1.807, 2.05) is 0 Å². The normalized spacial score (nSPS) is 10.9. The van der Waals surface area contributed by atoms with Crippen LogP contribution in [0.15, 0.2) is 21.5 Å². The molecule has 0 amide bonds. The van der Waals surface area contributed by atoms with Crippen molar-refractivity contribution in [2.45, 2.75) is 0 Å². The second-order valence-corrected chi connectivity index (χ2v) is 4.92. The van der Waals surface area contributed by atoms with Gasteiger partial charge < -0.3 is 4.98 Å². The molecule has 1 aromatic carbocycles. The molecule has 0 bridgehead atoms. The fourth-order valence-electron chi connectivity index (χ4n) is 1.27. The highest BCUT2D eigenvalue weighted by molar-refractivity contribution is 9.10. The lowest BCUT2D eigenvalue weighted by atomic mass is 10.2. The zero-order valence-electron chi connectivity index (χ0n) is 7.07. The highest BCUT2D eigenvalue weighted by Crippen LogP contribution is 2.33. The monoisotopic (exact) mass is 325 g/mol. The highest BCUT2D eigenvalue weighted by Gasteiger charge is 2.13. The Bertz CT molecular complexity index is 608. The molecule has 0 spiro atoms. The van der Waals surface area contributed by atoms with Crippen LogP contribution in [0.3, 0.4) is 0 Å². The molecule has 1 heterocycles. The van der Waals surface area contributed by atoms with E-state index in [1.165, 1.54) is 12.3 Å². The first kappa shape index (κ1) is 11.3. The van der Waals surface area contributed by atoms with E-state index in [1.54, 1.807) is 0 Å². The Kier molecular flexibility index (Phi) is 2.99. The summed E-state index contributed by atoms with van der Waals surface area (Å²) in [5.41, 5.74) is 0.248. The lowest BCUT2D eigenvalue weighted by molar-refractivity contribution is 1.36. The predicted molar refractivity (Wildman–Crippen MR) is 67.3 cm³/mol. The van der Waals surface area contributed by atoms with Crippen molar-refractivity contribution < 1.29 is 0 Å². The number of fused-ring (bicyclic) bond motifs is 1. The molecule has 0 unspecified atom stereocenters. The highest BCUT2D eigenvalue weighted by atomic mass is 79.9. The summed E-state index contributed by atoms with van der Waals surface area (Å²) >= 11 is 20.8. The Morgan fingerprint density at radius 3 is 2.53 bits per heavy atom. The SMILES string of the molecule is O=c1c(Br)c[nH]c2c(Cl)cc(Cl)c(Cl)c12. The number of halogens is 4. The molecule has 0 atom stereocenters. The molecule has 0 radical (unpaired) electrons. The minimum atomic E-state index is -0.238. The summed E-state index contributed by atoms with van der Waals surface area (Å²) in [6.07, 6.45) is 1.51. The summed E-state index contributed by atoms with van der Waals surface area (Å²) in [4.78, 5) is 14.7. The van der Waals surface area contributed by atoms with Crippen molar-refractivity contribution in [3.8, 4) is 0 Å². The van der Waals surface area contributed by atoms with Crippen LogP contribution in [0.4, 0.5) is 0 Å². The molecule has 0 aliphatic rings. The van der Waals surface area contributed by atoms with Crippen LogP contribution in [0.5, 0.6) is 0 Å². The molecule has 0 aliphatic heterocycles. The zero-order chi connectivity index (χ0) is 11.2. The molecule has 0 saturated carbocycles. The Labute approximate surface area is 108 Å². The molecular formula is C9H3BrCl3NO. The number of benzene rings is 1. The van der Waals surface area contributed by atoms with Gasteiger partial charge in [-0.15, -0.1) is 0 Å². The summed E-state index contributed by atoms with van der Waals surface area (Å²) in [5, 5.41) is 1.13. The van der Waals surface area contributed by atoms with E-state index in [0.29, 0.717) is 20.4 Å². The molecule has 15 heavy (non-hydrogen) atoms. The summed E-state index contributed by atoms with van der Waals surface area (Å²) < 4.78 is 0.384. The molecular weight excluding hydrogens is 324 g/mol. The van der Waals surface area contributed by atoms with Gasteiger partial charge in [0.1, 0.15) is 0 Å². The molecule has 0 fully saturated rings. The molecule has 2 nitrogen and oxygen atoms in total. The average molecular weight is 327 g/mol. The number of hydrogen-bond donors (Lipinski definition) is 1. The van der Waals surface area contributed by atoms with E-state index >= 15 is 0 Å². The maximum absolute atomic E-state index is 11.8. The Morgan fingerprint density at radius 2 is 1.87 bits per heavy atom. The summed E-state index contributed by atoms with van der Waals surface area (Å²) in [6, 6.07) is 1.50. The second-order valence-electron chi connectivity index (χ2n) is 2.87. The second kappa shape index (κ2) is 3.98. The molecule has 2 rings (SSSR count). The molecule has 1 aromatic heterocycles. The lowest BCUT2D eigenvalue weighted by Gasteiger charge is -2.04. The fourth-order valence-corrected chi connectivity index (χ4v) is 2.34. The van der Waals surface area contributed by atoms with Gasteiger partial charge in [0.15, 0.2) is 0 Å². The molecule has 0 saturated heterocycles. The zero-order valence-corrected chi connectivity index (χ0v) is 10.9. The molecule has 2 aromatic rings. The van der Waals surface area contributed by atoms with Gasteiger partial charge >= 0.3 is 0 Å². The quantitative estimate of drug-likeness (QED) is 0.721. The van der Waals surface area contributed by atoms with Crippen LogP contribution in [0, 0.1) is 0 Å². The van der Waals surface area contributed by atoms with Crippen molar-refractivity contribution in [1.82, 2.24) is 4.98 Å². The van der Waals surface area contributed by atoms with Gasteiger partial charge in [-0.1, -0.05) is 34.8 Å². The number of aromatic nitrogens is 1. The molecule has 1 N–H and O–H groups in total. The third-order valence-corrected chi connectivity index (χ3v) is 3.63. The van der Waals surface area contributed by atoms with Gasteiger partial charge in [-0.05, 0) is 22.0 Å². The topological polar surface area (TPSA) is 32.9 Å². The van der Waals surface area contributed by atoms with Crippen molar-refractivity contribution >= 4 is 61.6 Å². The third-order valence-electron chi connectivity index (χ3n) is 1.96. The van der Waals surface area contributed by atoms with Crippen LogP contribution >= 0.6 is 50.7 Å². The number of nitrogens with one attached hydrogen (secondary N) is 1. The average Bonchev–Trinajstić information content (AvgIpc) is 2.19. The maximum Gasteiger partial charge on any atom is 0.205 e. The molecule has 6 heteroatoms. The maximum atomic E-state index is 11.8. The van der Waals surface area contributed by atoms with Crippen LogP contribution in [-0.4, -0.2) is 4.98 Å². The Hall–Kier alpha value is -0.220. The van der Waals surface area contributed by atoms with Crippen LogP contribution in [0.1, 0.15) is 0 Å². The van der Waals surface area contributed by atoms with Crippen LogP contribution < -0.4 is 5.43 Å². The summed E-state index contributed by atoms with van der Waals surface area (Å²) in [7, 11) is 0. The van der Waals surface area contributed by atoms with Crippen molar-refractivity contribution in [3.05, 3.63) is 42.0 Å². The van der Waals surface area contributed by atoms with Crippen LogP contribution in [0.25, 0.3) is 10.9 Å². The number of rotatable bonds is 0. The molecule has 78 valence electrons. The standard InChI is InChI=1S/C9H3BrCl3NO/c10-3-2-14-8-5(12)1-4(11)7(13)6(8)9(3)15/h1-2H,(H,14,15). The fraction of sp³-hybridized carbons (Fsp3) is 0. The lowest BCUT2D eigenvalue weighted by Crippen LogP contribution is -2.04. The van der Waals surface area contributed by atoms with Gasteiger partial charge in [0, 0.05) is 6.20 Å². The minimum Gasteiger partial charge on any atom is -0.359 e. The Morgan fingerprint density at radius 1 is 1.20 bits per heavy atom. The first-order valence-electron chi connectivity index (χ1n) is 3.86. The van der Waals surface area contributed by atoms with Crippen molar-refractivity contribution in [1.29, 1.82) is 0 Å². The van der Waals surface area contributed by atoms with Gasteiger partial charge in [0.2, 0.25) is 5.43 Å². The smallest absolute Gasteiger partial charge is 0.205 e. The predicted octanol–water partition coefficient (Wildman–Crippen LogP) is 4.25. The minimum absolute atomic E-state index is 0.207. The molecule has 0 aliphatic carbocycles. The van der Waals surface area contributed by atoms with Gasteiger partial charge in [0.05, 0.1) is 30.4 Å². The summed E-state index contributed by atoms with van der Waals surface area (Å²) in [6.45, 7) is 0. The summed E-state index contributed by atoms with van der Waals surface area (Å²) in [5.74, 6) is 0. The van der Waals surface area contributed by atoms with E-state index in [9.17, 15) is 4.79 Å². The number of hydrogen-bond acceptors (Lipinski definition) is 1. The number of pyridine rings is 1. The van der Waals surface area contributed by atoms with E-state index in [2.05, 4.69) is 20.9 Å². The van der Waals surface area contributed by atoms with Crippen molar-refractivity contribution in [2.75, 3.05) is 0 Å². The number of H-pyrrole nitrogens is 1. The Balaban J connectivity index is 3.12. The first-order valence-corrected chi connectivity index (χ1v) is 5.79. The van der Waals surface area contributed by atoms with Gasteiger partial charge in [-0.3, -0.25) is 4.79 Å². The van der Waals surface area contributed by atoms with E-state index in [0.717, 1.165) is 0 Å². The van der Waals surface area contributed by atoms with Gasteiger partial charge in [-0.25, -0.2) is 0 Å². The number of aromatic amines is 1. The van der Waals surface area contributed by atoms with Crippen LogP contribution in [-0.2, 0) is 0 Å². The van der Waals surface area contributed by atoms with E-state index in [-0.39, 0.29) is 15.5 Å². The largest absolute Gasteiger partial charge is 0.359 e. The van der Waals surface area contributed by atoms with Crippen molar-refractivity contribution in [3.63, 3.8) is 0 Å². The van der Waals surface area contributed by atoms with Gasteiger partial charge in [-0.2, -0.15) is 0 Å². The third kappa shape index (κ3) is 1.78. The first-order chi connectivity index (χ1) is 7.02. The van der Waals surface area contributed by atoms with Crippen molar-refractivity contribution in [2.24, 2.45) is 0 Å². The van der Waals surface area contributed by atoms with E-state index < -0.39 is 0 Å². The van der Waals surface area contributed by atoms with E-state index in [4.69, 9.17) is 34.8 Å².